The number of hydrogen-bond acceptors (Lipinski definition) is 0. The van der Waals surface area contributed by atoms with Crippen LogP contribution in [0.4, 0.5) is 0 Å². The van der Waals surface area contributed by atoms with Gasteiger partial charge in [-0.2, -0.15) is 0 Å². The van der Waals surface area contributed by atoms with Crippen molar-refractivity contribution in [1.29, 1.82) is 0 Å². The smallest absolute Gasteiger partial charge is 0.0969 e. The lowest BCUT2D eigenvalue weighted by Crippen LogP contribution is -2.39. The van der Waals surface area contributed by atoms with Crippen molar-refractivity contribution in [3.63, 3.8) is 0 Å². The molecule has 0 saturated carbocycles. The molecule has 0 fully saturated rings. The Morgan fingerprint density at radius 1 is 1.10 bits per heavy atom. The summed E-state index contributed by atoms with van der Waals surface area (Å²) >= 11 is 0. The summed E-state index contributed by atoms with van der Waals surface area (Å²) in [4.78, 5) is 0. The Balaban J connectivity index is 0. The Kier molecular flexibility index (Phi) is 6.37. The number of rotatable bonds is 4. The molecule has 0 atom stereocenters. The molecule has 0 N–H and O–H groups in total. The summed E-state index contributed by atoms with van der Waals surface area (Å²) in [5, 5.41) is 0. The van der Waals surface area contributed by atoms with Crippen LogP contribution in [0.5, 0.6) is 0 Å². The molecule has 0 aliphatic rings. The molecule has 1 nitrogen and oxygen atoms in total. The SMILES string of the molecule is C=CC[N+](C)(C)CC=C.[CH3-]. The van der Waals surface area contributed by atoms with Crippen molar-refractivity contribution in [1.82, 2.24) is 0 Å². The van der Waals surface area contributed by atoms with Crippen LogP contribution in [-0.2, 0) is 0 Å². The van der Waals surface area contributed by atoms with Gasteiger partial charge in [0.05, 0.1) is 27.2 Å². The first-order valence-electron chi connectivity index (χ1n) is 3.16. The Hall–Kier alpha value is -0.560. The van der Waals surface area contributed by atoms with Gasteiger partial charge < -0.3 is 11.9 Å². The highest BCUT2D eigenvalue weighted by molar-refractivity contribution is 4.69. The molecule has 0 aliphatic carbocycles. The lowest BCUT2D eigenvalue weighted by Gasteiger charge is -2.26. The van der Waals surface area contributed by atoms with E-state index in [0.29, 0.717) is 0 Å². The van der Waals surface area contributed by atoms with Gasteiger partial charge in [0, 0.05) is 0 Å². The van der Waals surface area contributed by atoms with Gasteiger partial charge in [-0.3, -0.25) is 0 Å². The average Bonchev–Trinajstić information content (AvgIpc) is 1.64. The molecule has 10 heavy (non-hydrogen) atoms. The topological polar surface area (TPSA) is 0 Å². The van der Waals surface area contributed by atoms with Gasteiger partial charge in [0.2, 0.25) is 0 Å². The highest BCUT2D eigenvalue weighted by Gasteiger charge is 2.07. The fraction of sp³-hybridized carbons (Fsp3) is 0.444. The van der Waals surface area contributed by atoms with Crippen molar-refractivity contribution in [3.05, 3.63) is 32.7 Å². The predicted molar refractivity (Wildman–Crippen MR) is 48.7 cm³/mol. The first kappa shape index (κ1) is 12.1. The molecule has 0 aromatic carbocycles. The monoisotopic (exact) mass is 141 g/mol. The van der Waals surface area contributed by atoms with Crippen LogP contribution in [0.25, 0.3) is 0 Å². The van der Waals surface area contributed by atoms with Crippen molar-refractivity contribution in [2.24, 2.45) is 0 Å². The highest BCUT2D eigenvalue weighted by Crippen LogP contribution is 1.95. The molecule has 0 spiro atoms. The quantitative estimate of drug-likeness (QED) is 0.318. The van der Waals surface area contributed by atoms with E-state index >= 15 is 0 Å². The second-order valence-corrected chi connectivity index (χ2v) is 2.88. The van der Waals surface area contributed by atoms with Crippen LogP contribution in [0.2, 0.25) is 0 Å². The van der Waals surface area contributed by atoms with Crippen LogP contribution in [0.3, 0.4) is 0 Å². The van der Waals surface area contributed by atoms with Gasteiger partial charge in [-0.1, -0.05) is 13.2 Å². The average molecular weight is 141 g/mol. The summed E-state index contributed by atoms with van der Waals surface area (Å²) in [6.07, 6.45) is 3.87. The van der Waals surface area contributed by atoms with Crippen LogP contribution in [0.15, 0.2) is 25.3 Å². The van der Waals surface area contributed by atoms with Crippen molar-refractivity contribution < 1.29 is 4.48 Å². The van der Waals surface area contributed by atoms with Gasteiger partial charge in [-0.05, 0) is 12.2 Å². The maximum atomic E-state index is 3.68. The van der Waals surface area contributed by atoms with Crippen LogP contribution in [-0.4, -0.2) is 31.7 Å². The van der Waals surface area contributed by atoms with E-state index in [9.17, 15) is 0 Å². The molecule has 0 heterocycles. The van der Waals surface area contributed by atoms with Gasteiger partial charge in [0.15, 0.2) is 0 Å². The highest BCUT2D eigenvalue weighted by atomic mass is 15.3. The van der Waals surface area contributed by atoms with Gasteiger partial charge in [-0.25, -0.2) is 0 Å². The van der Waals surface area contributed by atoms with Crippen molar-refractivity contribution in [2.45, 2.75) is 0 Å². The molecule has 0 radical (unpaired) electrons. The number of likely N-dealkylation sites (N-methyl/N-ethyl adjacent to an activating group) is 1. The molecule has 0 amide bonds. The molecule has 1 heteroatoms. The number of nitrogens with zero attached hydrogens (tertiary/aromatic N) is 1. The minimum absolute atomic E-state index is 0. The molecule has 0 aliphatic heterocycles. The van der Waals surface area contributed by atoms with Crippen molar-refractivity contribution in [3.8, 4) is 0 Å². The Bertz CT molecular complexity index is 91.3. The molecule has 60 valence electrons. The maximum Gasteiger partial charge on any atom is 0.0969 e. The van der Waals surface area contributed by atoms with Crippen LogP contribution < -0.4 is 0 Å². The van der Waals surface area contributed by atoms with E-state index in [1.165, 1.54) is 0 Å². The van der Waals surface area contributed by atoms with Crippen LogP contribution >= 0.6 is 0 Å². The van der Waals surface area contributed by atoms with E-state index < -0.39 is 0 Å². The molecule has 0 unspecified atom stereocenters. The van der Waals surface area contributed by atoms with Gasteiger partial charge in [0.1, 0.15) is 0 Å². The van der Waals surface area contributed by atoms with Crippen LogP contribution in [0, 0.1) is 7.43 Å². The fourth-order valence-electron chi connectivity index (χ4n) is 0.774. The third-order valence-corrected chi connectivity index (χ3v) is 1.25. The second-order valence-electron chi connectivity index (χ2n) is 2.88. The molecular formula is C9H19N. The number of quaternary nitrogens is 1. The Morgan fingerprint density at radius 2 is 1.40 bits per heavy atom. The van der Waals surface area contributed by atoms with E-state index in [0.717, 1.165) is 17.6 Å². The fourth-order valence-corrected chi connectivity index (χ4v) is 0.774. The summed E-state index contributed by atoms with van der Waals surface area (Å²) in [5.74, 6) is 0. The zero-order chi connectivity index (χ0) is 7.33. The Morgan fingerprint density at radius 3 is 1.60 bits per heavy atom. The Labute approximate surface area is 65.3 Å². The second kappa shape index (κ2) is 5.24. The van der Waals surface area contributed by atoms with Gasteiger partial charge in [0.25, 0.3) is 0 Å². The third kappa shape index (κ3) is 5.57. The molecule has 0 saturated heterocycles. The maximum absolute atomic E-state index is 3.68. The van der Waals surface area contributed by atoms with Gasteiger partial charge >= 0.3 is 0 Å². The third-order valence-electron chi connectivity index (χ3n) is 1.25. The molecule has 0 aromatic rings. The van der Waals surface area contributed by atoms with Crippen LogP contribution in [0.1, 0.15) is 0 Å². The van der Waals surface area contributed by atoms with Gasteiger partial charge in [-0.15, -0.1) is 0 Å². The molecule has 0 aromatic heterocycles. The largest absolute Gasteiger partial charge is 0.358 e. The normalized spacial score (nSPS) is 9.80. The summed E-state index contributed by atoms with van der Waals surface area (Å²) in [7, 11) is 4.31. The molecule has 0 rings (SSSR count). The van der Waals surface area contributed by atoms with E-state index in [2.05, 4.69) is 27.3 Å². The lowest BCUT2D eigenvalue weighted by atomic mass is 10.4. The summed E-state index contributed by atoms with van der Waals surface area (Å²) in [6, 6.07) is 0. The minimum Gasteiger partial charge on any atom is -0.358 e. The van der Waals surface area contributed by atoms with E-state index in [-0.39, 0.29) is 7.43 Å². The first-order chi connectivity index (χ1) is 4.12. The summed E-state index contributed by atoms with van der Waals surface area (Å²) < 4.78 is 0.951. The summed E-state index contributed by atoms with van der Waals surface area (Å²) in [6.45, 7) is 9.37. The van der Waals surface area contributed by atoms with E-state index in [1.54, 1.807) is 0 Å². The standard InChI is InChI=1S/C8H16N.CH3/c1-5-7-9(3,4)8-6-2;/h5-6H,1-2,7-8H2,3-4H3;1H3/q+1;-1. The molecular weight excluding hydrogens is 122 g/mol. The lowest BCUT2D eigenvalue weighted by molar-refractivity contribution is -0.878. The van der Waals surface area contributed by atoms with Crippen molar-refractivity contribution >= 4 is 0 Å². The van der Waals surface area contributed by atoms with E-state index in [4.69, 9.17) is 0 Å². The van der Waals surface area contributed by atoms with Crippen molar-refractivity contribution in [2.75, 3.05) is 27.2 Å². The molecule has 0 bridgehead atoms. The predicted octanol–water partition coefficient (Wildman–Crippen LogP) is 1.89. The van der Waals surface area contributed by atoms with E-state index in [1.807, 2.05) is 12.2 Å². The minimum atomic E-state index is 0. The zero-order valence-corrected chi connectivity index (χ0v) is 7.43. The summed E-state index contributed by atoms with van der Waals surface area (Å²) in [5.41, 5.74) is 0. The number of hydrogen-bond donors (Lipinski definition) is 0. The first-order valence-corrected chi connectivity index (χ1v) is 3.16. The zero-order valence-electron chi connectivity index (χ0n) is 7.43.